The third kappa shape index (κ3) is 7.17. The first-order valence-electron chi connectivity index (χ1n) is 9.86. The Morgan fingerprint density at radius 1 is 0.939 bits per heavy atom. The molecular formula is C24H25Br2NO6. The zero-order valence-electron chi connectivity index (χ0n) is 19.0. The van der Waals surface area contributed by atoms with Gasteiger partial charge < -0.3 is 19.2 Å². The van der Waals surface area contributed by atoms with Gasteiger partial charge in [-0.3, -0.25) is 14.4 Å². The van der Waals surface area contributed by atoms with Crippen LogP contribution in [0.2, 0.25) is 0 Å². The van der Waals surface area contributed by atoms with Gasteiger partial charge in [0.15, 0.2) is 12.4 Å². The van der Waals surface area contributed by atoms with Gasteiger partial charge in [-0.05, 0) is 94.4 Å². The number of esters is 1. The highest BCUT2D eigenvalue weighted by molar-refractivity contribution is 9.10. The third-order valence-electron chi connectivity index (χ3n) is 4.47. The van der Waals surface area contributed by atoms with Crippen molar-refractivity contribution < 1.29 is 23.8 Å². The van der Waals surface area contributed by atoms with Crippen molar-refractivity contribution in [2.45, 2.75) is 20.8 Å². The standard InChI is InChI=1S/C14H17BrO4.C10H8BrNO2/c1-14(2,3)13(17)19-8-11(16)9-5-6-10(15)12(7-9)18-4;1-14-9-5-7-6(4-8(9)11)2-3-12-10(7)13/h5-7H,8H2,1-4H3;2-5H,1H3,(H,12,13). The third-order valence-corrected chi connectivity index (χ3v) is 5.74. The fourth-order valence-corrected chi connectivity index (χ4v) is 3.54. The van der Waals surface area contributed by atoms with Gasteiger partial charge in [-0.25, -0.2) is 0 Å². The smallest absolute Gasteiger partial charge is 0.311 e. The van der Waals surface area contributed by atoms with Gasteiger partial charge in [0.05, 0.1) is 34.0 Å². The average Bonchev–Trinajstić information content (AvgIpc) is 2.77. The van der Waals surface area contributed by atoms with Crippen LogP contribution in [0.15, 0.2) is 56.3 Å². The summed E-state index contributed by atoms with van der Waals surface area (Å²) in [5, 5.41) is 1.52. The van der Waals surface area contributed by atoms with Crippen LogP contribution in [0.3, 0.4) is 0 Å². The fraction of sp³-hybridized carbons (Fsp3) is 0.292. The number of ether oxygens (including phenoxy) is 3. The largest absolute Gasteiger partial charge is 0.496 e. The number of hydrogen-bond acceptors (Lipinski definition) is 6. The minimum Gasteiger partial charge on any atom is -0.496 e. The number of methoxy groups -OCH3 is 2. The van der Waals surface area contributed by atoms with Crippen molar-refractivity contribution in [2.24, 2.45) is 5.41 Å². The Kier molecular flexibility index (Phi) is 9.25. The van der Waals surface area contributed by atoms with Crippen LogP contribution in [0, 0.1) is 5.41 Å². The number of nitrogens with one attached hydrogen (secondary N) is 1. The van der Waals surface area contributed by atoms with Crippen molar-refractivity contribution in [1.82, 2.24) is 4.98 Å². The maximum absolute atomic E-state index is 11.9. The maximum atomic E-state index is 11.9. The van der Waals surface area contributed by atoms with E-state index in [1.54, 1.807) is 58.3 Å². The Morgan fingerprint density at radius 3 is 2.18 bits per heavy atom. The van der Waals surface area contributed by atoms with E-state index in [1.807, 2.05) is 12.1 Å². The lowest BCUT2D eigenvalue weighted by Crippen LogP contribution is -2.25. The number of aromatic amines is 1. The summed E-state index contributed by atoms with van der Waals surface area (Å²) in [6.45, 7) is 4.95. The highest BCUT2D eigenvalue weighted by Crippen LogP contribution is 2.28. The van der Waals surface area contributed by atoms with Crippen LogP contribution >= 0.6 is 31.9 Å². The van der Waals surface area contributed by atoms with E-state index in [0.29, 0.717) is 22.4 Å². The molecule has 0 spiro atoms. The van der Waals surface area contributed by atoms with Crippen molar-refractivity contribution in [3.8, 4) is 11.5 Å². The zero-order valence-corrected chi connectivity index (χ0v) is 22.1. The van der Waals surface area contributed by atoms with Gasteiger partial charge in [-0.1, -0.05) is 0 Å². The first-order chi connectivity index (χ1) is 15.5. The molecule has 9 heteroatoms. The van der Waals surface area contributed by atoms with Gasteiger partial charge >= 0.3 is 5.97 Å². The monoisotopic (exact) mass is 581 g/mol. The molecule has 0 amide bonds. The van der Waals surface area contributed by atoms with Gasteiger partial charge in [-0.2, -0.15) is 0 Å². The van der Waals surface area contributed by atoms with E-state index < -0.39 is 11.4 Å². The van der Waals surface area contributed by atoms with Gasteiger partial charge in [-0.15, -0.1) is 0 Å². The first kappa shape index (κ1) is 26.6. The molecule has 1 aromatic heterocycles. The number of carbonyl (C=O) groups excluding carboxylic acids is 2. The average molecular weight is 583 g/mol. The molecule has 0 saturated heterocycles. The molecule has 2 aromatic carbocycles. The van der Waals surface area contributed by atoms with Crippen LogP contribution in [-0.2, 0) is 9.53 Å². The molecule has 0 aliphatic heterocycles. The fourth-order valence-electron chi connectivity index (χ4n) is 2.61. The quantitative estimate of drug-likeness (QED) is 0.314. The van der Waals surface area contributed by atoms with Crippen molar-refractivity contribution in [2.75, 3.05) is 20.8 Å². The summed E-state index contributed by atoms with van der Waals surface area (Å²) in [5.41, 5.74) is -0.271. The molecule has 3 rings (SSSR count). The van der Waals surface area contributed by atoms with E-state index in [9.17, 15) is 14.4 Å². The number of hydrogen-bond donors (Lipinski definition) is 1. The Hall–Kier alpha value is -2.65. The molecule has 0 unspecified atom stereocenters. The number of fused-ring (bicyclic) bond motifs is 1. The summed E-state index contributed by atoms with van der Waals surface area (Å²) in [6.07, 6.45) is 1.63. The molecule has 7 nitrogen and oxygen atoms in total. The SMILES string of the molecule is COc1cc(C(=O)COC(=O)C(C)(C)C)ccc1Br.COc1cc2c(=O)[nH]ccc2cc1Br. The van der Waals surface area contributed by atoms with Crippen molar-refractivity contribution in [3.63, 3.8) is 0 Å². The van der Waals surface area contributed by atoms with Crippen LogP contribution in [0.5, 0.6) is 11.5 Å². The molecule has 0 bridgehead atoms. The van der Waals surface area contributed by atoms with E-state index >= 15 is 0 Å². The molecular weight excluding hydrogens is 558 g/mol. The summed E-state index contributed by atoms with van der Waals surface area (Å²) in [5.74, 6) is 0.565. The predicted molar refractivity (Wildman–Crippen MR) is 134 cm³/mol. The lowest BCUT2D eigenvalue weighted by molar-refractivity contribution is -0.151. The first-order valence-corrected chi connectivity index (χ1v) is 11.5. The zero-order chi connectivity index (χ0) is 24.8. The Morgan fingerprint density at radius 2 is 1.58 bits per heavy atom. The number of carbonyl (C=O) groups is 2. The number of ketones is 1. The number of halogens is 2. The molecule has 1 heterocycles. The predicted octanol–water partition coefficient (Wildman–Crippen LogP) is 5.53. The maximum Gasteiger partial charge on any atom is 0.311 e. The van der Waals surface area contributed by atoms with Crippen LogP contribution in [0.1, 0.15) is 31.1 Å². The van der Waals surface area contributed by atoms with Gasteiger partial charge in [0, 0.05) is 11.8 Å². The number of aromatic nitrogens is 1. The van der Waals surface area contributed by atoms with Gasteiger partial charge in [0.1, 0.15) is 11.5 Å². The van der Waals surface area contributed by atoms with Crippen LogP contribution in [0.4, 0.5) is 0 Å². The van der Waals surface area contributed by atoms with Crippen molar-refractivity contribution in [1.29, 1.82) is 0 Å². The van der Waals surface area contributed by atoms with E-state index in [2.05, 4.69) is 36.8 Å². The van der Waals surface area contributed by atoms with E-state index in [-0.39, 0.29) is 17.9 Å². The molecule has 0 radical (unpaired) electrons. The molecule has 0 aliphatic rings. The Balaban J connectivity index is 0.000000243. The topological polar surface area (TPSA) is 94.7 Å². The van der Waals surface area contributed by atoms with Crippen molar-refractivity contribution in [3.05, 3.63) is 67.5 Å². The molecule has 176 valence electrons. The van der Waals surface area contributed by atoms with Crippen LogP contribution in [0.25, 0.3) is 10.8 Å². The summed E-state index contributed by atoms with van der Waals surface area (Å²) in [4.78, 5) is 37.5. The summed E-state index contributed by atoms with van der Waals surface area (Å²) in [7, 11) is 3.09. The van der Waals surface area contributed by atoms with Gasteiger partial charge in [0.2, 0.25) is 0 Å². The molecule has 0 saturated carbocycles. The molecule has 0 atom stereocenters. The second kappa shape index (κ2) is 11.5. The Labute approximate surface area is 208 Å². The van der Waals surface area contributed by atoms with Crippen LogP contribution < -0.4 is 15.0 Å². The lowest BCUT2D eigenvalue weighted by Gasteiger charge is -2.16. The summed E-state index contributed by atoms with van der Waals surface area (Å²) in [6, 6.07) is 10.4. The lowest BCUT2D eigenvalue weighted by atomic mass is 9.97. The second-order valence-corrected chi connectivity index (χ2v) is 9.69. The Bertz CT molecular complexity index is 1210. The molecule has 0 fully saturated rings. The molecule has 3 aromatic rings. The number of H-pyrrole nitrogens is 1. The van der Waals surface area contributed by atoms with E-state index in [1.165, 1.54) is 7.11 Å². The molecule has 33 heavy (non-hydrogen) atoms. The summed E-state index contributed by atoms with van der Waals surface area (Å²) >= 11 is 6.67. The number of pyridine rings is 1. The minimum atomic E-state index is -0.613. The molecule has 0 aliphatic carbocycles. The summed E-state index contributed by atoms with van der Waals surface area (Å²) < 4.78 is 16.8. The normalized spacial score (nSPS) is 10.8. The molecule has 1 N–H and O–H groups in total. The van der Waals surface area contributed by atoms with E-state index in [4.69, 9.17) is 14.2 Å². The van der Waals surface area contributed by atoms with E-state index in [0.717, 1.165) is 14.3 Å². The highest BCUT2D eigenvalue weighted by Gasteiger charge is 2.24. The number of benzene rings is 2. The second-order valence-electron chi connectivity index (χ2n) is 7.98. The van der Waals surface area contributed by atoms with Crippen molar-refractivity contribution >= 4 is 54.4 Å². The van der Waals surface area contributed by atoms with Gasteiger partial charge in [0.25, 0.3) is 5.56 Å². The number of rotatable bonds is 5. The highest BCUT2D eigenvalue weighted by atomic mass is 79.9. The minimum absolute atomic E-state index is 0.103. The van der Waals surface area contributed by atoms with Crippen LogP contribution in [-0.4, -0.2) is 37.6 Å². The number of Topliss-reactive ketones (excluding diaryl/α,β-unsaturated/α-hetero) is 1.